The lowest BCUT2D eigenvalue weighted by molar-refractivity contribution is -0.143. The third kappa shape index (κ3) is 5.30. The molecule has 1 aliphatic heterocycles. The van der Waals surface area contributed by atoms with E-state index in [4.69, 9.17) is 0 Å². The number of carbonyl (C=O) groups excluding carboxylic acids is 3. The Labute approximate surface area is 126 Å². The minimum absolute atomic E-state index is 0.0286. The fourth-order valence-electron chi connectivity index (χ4n) is 2.29. The molecule has 0 bridgehead atoms. The molecule has 0 N–H and O–H groups in total. The Kier molecular flexibility index (Phi) is 6.55. The van der Waals surface area contributed by atoms with Crippen molar-refractivity contribution >= 4 is 17.6 Å². The van der Waals surface area contributed by atoms with Crippen LogP contribution < -0.4 is 0 Å². The highest BCUT2D eigenvalue weighted by molar-refractivity contribution is 5.89. The molecule has 0 fully saturated rings. The molecular weight excluding hydrogens is 270 g/mol. The molecule has 118 valence electrons. The second-order valence-electron chi connectivity index (χ2n) is 5.69. The molecule has 0 unspecified atom stereocenters. The summed E-state index contributed by atoms with van der Waals surface area (Å²) in [5.74, 6) is -0.312. The van der Waals surface area contributed by atoms with Crippen LogP contribution in [0.4, 0.5) is 0 Å². The Morgan fingerprint density at radius 2 is 1.95 bits per heavy atom. The lowest BCUT2D eigenvalue weighted by Crippen LogP contribution is -2.50. The topological polar surface area (TPSA) is 60.9 Å². The Morgan fingerprint density at radius 1 is 1.29 bits per heavy atom. The Bertz CT molecular complexity index is 432. The lowest BCUT2D eigenvalue weighted by atomic mass is 10.1. The van der Waals surface area contributed by atoms with Gasteiger partial charge in [-0.2, -0.15) is 0 Å². The van der Waals surface area contributed by atoms with Gasteiger partial charge in [0.05, 0.1) is 19.1 Å². The molecule has 1 heterocycles. The number of hydrogen-bond donors (Lipinski definition) is 0. The van der Waals surface area contributed by atoms with E-state index in [1.165, 1.54) is 11.8 Å². The molecule has 6 heteroatoms. The average molecular weight is 295 g/mol. The summed E-state index contributed by atoms with van der Waals surface area (Å²) in [6.45, 7) is 2.08. The van der Waals surface area contributed by atoms with Gasteiger partial charge in [0, 0.05) is 13.6 Å². The Hall–Kier alpha value is -1.69. The predicted octanol–water partition coefficient (Wildman–Crippen LogP) is 0.143. The van der Waals surface area contributed by atoms with E-state index in [1.807, 2.05) is 31.1 Å². The van der Waals surface area contributed by atoms with Gasteiger partial charge in [-0.1, -0.05) is 12.2 Å². The quantitative estimate of drug-likeness (QED) is 0.677. The van der Waals surface area contributed by atoms with Gasteiger partial charge in [0.2, 0.25) is 11.8 Å². The van der Waals surface area contributed by atoms with Gasteiger partial charge < -0.3 is 9.80 Å². The van der Waals surface area contributed by atoms with Crippen LogP contribution in [0.25, 0.3) is 0 Å². The SMILES string of the molecule is CC(=O)CN(C)C(=O)CN1CC/C=C\C[C@H](N(C)C)C1=O. The second-order valence-corrected chi connectivity index (χ2v) is 5.69. The molecule has 0 radical (unpaired) electrons. The van der Waals surface area contributed by atoms with Crippen LogP contribution in [0.5, 0.6) is 0 Å². The van der Waals surface area contributed by atoms with Crippen molar-refractivity contribution in [3.8, 4) is 0 Å². The molecule has 0 aromatic rings. The standard InChI is InChI=1S/C15H25N3O3/c1-12(19)10-17(4)14(20)11-18-9-7-5-6-8-13(15(18)21)16(2)3/h5-6,13H,7-11H2,1-4H3/b6-5-/t13-/m0/s1. The zero-order chi connectivity index (χ0) is 16.0. The minimum Gasteiger partial charge on any atom is -0.337 e. The predicted molar refractivity (Wildman–Crippen MR) is 80.7 cm³/mol. The molecule has 21 heavy (non-hydrogen) atoms. The summed E-state index contributed by atoms with van der Waals surface area (Å²) in [5, 5.41) is 0. The summed E-state index contributed by atoms with van der Waals surface area (Å²) in [7, 11) is 5.31. The number of carbonyl (C=O) groups is 3. The molecule has 0 aliphatic carbocycles. The van der Waals surface area contributed by atoms with Gasteiger partial charge in [-0.3, -0.25) is 19.3 Å². The van der Waals surface area contributed by atoms with Gasteiger partial charge >= 0.3 is 0 Å². The van der Waals surface area contributed by atoms with E-state index in [-0.39, 0.29) is 36.7 Å². The number of Topliss-reactive ketones (excluding diaryl/α,β-unsaturated/α-hetero) is 1. The van der Waals surface area contributed by atoms with Crippen LogP contribution in [0, 0.1) is 0 Å². The summed E-state index contributed by atoms with van der Waals surface area (Å²) in [6, 6.07) is -0.243. The monoisotopic (exact) mass is 295 g/mol. The van der Waals surface area contributed by atoms with E-state index in [1.54, 1.807) is 11.9 Å². The highest BCUT2D eigenvalue weighted by Gasteiger charge is 2.28. The van der Waals surface area contributed by atoms with Crippen LogP contribution in [-0.4, -0.2) is 79.1 Å². The molecule has 0 saturated carbocycles. The molecule has 0 aromatic carbocycles. The summed E-state index contributed by atoms with van der Waals surface area (Å²) < 4.78 is 0. The number of rotatable bonds is 5. The first kappa shape index (κ1) is 17.4. The molecule has 0 spiro atoms. The number of likely N-dealkylation sites (N-methyl/N-ethyl adjacent to an activating group) is 2. The fraction of sp³-hybridized carbons (Fsp3) is 0.667. The van der Waals surface area contributed by atoms with Crippen LogP contribution in [-0.2, 0) is 14.4 Å². The second kappa shape index (κ2) is 7.93. The molecule has 1 rings (SSSR count). The molecule has 1 aliphatic rings. The zero-order valence-electron chi connectivity index (χ0n) is 13.3. The lowest BCUT2D eigenvalue weighted by Gasteiger charge is -2.31. The van der Waals surface area contributed by atoms with Gasteiger partial charge in [-0.05, 0) is 33.9 Å². The van der Waals surface area contributed by atoms with E-state index in [2.05, 4.69) is 0 Å². The van der Waals surface area contributed by atoms with Crippen molar-refractivity contribution in [3.63, 3.8) is 0 Å². The molecule has 0 aromatic heterocycles. The number of ketones is 1. The summed E-state index contributed by atoms with van der Waals surface area (Å²) in [4.78, 5) is 40.5. The number of amides is 2. The van der Waals surface area contributed by atoms with Crippen molar-refractivity contribution in [1.82, 2.24) is 14.7 Å². The molecule has 2 amide bonds. The Morgan fingerprint density at radius 3 is 2.52 bits per heavy atom. The third-order valence-electron chi connectivity index (χ3n) is 3.52. The van der Waals surface area contributed by atoms with Crippen LogP contribution >= 0.6 is 0 Å². The summed E-state index contributed by atoms with van der Waals surface area (Å²) >= 11 is 0. The largest absolute Gasteiger partial charge is 0.337 e. The summed E-state index contributed by atoms with van der Waals surface area (Å²) in [5.41, 5.74) is 0. The van der Waals surface area contributed by atoms with Crippen LogP contribution in [0.15, 0.2) is 12.2 Å². The van der Waals surface area contributed by atoms with Crippen LogP contribution in [0.2, 0.25) is 0 Å². The van der Waals surface area contributed by atoms with Crippen LogP contribution in [0.3, 0.4) is 0 Å². The molecule has 1 atom stereocenters. The van der Waals surface area contributed by atoms with E-state index >= 15 is 0 Å². The van der Waals surface area contributed by atoms with Crippen molar-refractivity contribution in [2.45, 2.75) is 25.8 Å². The Balaban J connectivity index is 2.74. The van der Waals surface area contributed by atoms with Crippen molar-refractivity contribution < 1.29 is 14.4 Å². The normalized spacial score (nSPS) is 20.9. The van der Waals surface area contributed by atoms with Crippen molar-refractivity contribution in [3.05, 3.63) is 12.2 Å². The molecule has 6 nitrogen and oxygen atoms in total. The van der Waals surface area contributed by atoms with Gasteiger partial charge in [-0.15, -0.1) is 0 Å². The first-order valence-corrected chi connectivity index (χ1v) is 7.16. The third-order valence-corrected chi connectivity index (χ3v) is 3.52. The summed E-state index contributed by atoms with van der Waals surface area (Å²) in [6.07, 6.45) is 5.46. The maximum atomic E-state index is 12.5. The average Bonchev–Trinajstić information content (AvgIpc) is 2.37. The van der Waals surface area contributed by atoms with Gasteiger partial charge in [-0.25, -0.2) is 0 Å². The van der Waals surface area contributed by atoms with Crippen molar-refractivity contribution in [1.29, 1.82) is 0 Å². The highest BCUT2D eigenvalue weighted by atomic mass is 16.2. The van der Waals surface area contributed by atoms with Crippen LogP contribution in [0.1, 0.15) is 19.8 Å². The number of nitrogens with zero attached hydrogens (tertiary/aromatic N) is 3. The first-order chi connectivity index (χ1) is 9.82. The van der Waals surface area contributed by atoms with E-state index in [9.17, 15) is 14.4 Å². The minimum atomic E-state index is -0.243. The van der Waals surface area contributed by atoms with Crippen molar-refractivity contribution in [2.75, 3.05) is 40.8 Å². The molecular formula is C15H25N3O3. The van der Waals surface area contributed by atoms with E-state index in [0.29, 0.717) is 13.0 Å². The first-order valence-electron chi connectivity index (χ1n) is 7.16. The maximum absolute atomic E-state index is 12.5. The number of hydrogen-bond acceptors (Lipinski definition) is 4. The smallest absolute Gasteiger partial charge is 0.242 e. The maximum Gasteiger partial charge on any atom is 0.242 e. The van der Waals surface area contributed by atoms with Gasteiger partial charge in [0.1, 0.15) is 5.78 Å². The zero-order valence-corrected chi connectivity index (χ0v) is 13.3. The highest BCUT2D eigenvalue weighted by Crippen LogP contribution is 2.11. The van der Waals surface area contributed by atoms with Gasteiger partial charge in [0.25, 0.3) is 0 Å². The van der Waals surface area contributed by atoms with Gasteiger partial charge in [0.15, 0.2) is 0 Å². The van der Waals surface area contributed by atoms with E-state index < -0.39 is 0 Å². The van der Waals surface area contributed by atoms with E-state index in [0.717, 1.165) is 6.42 Å². The van der Waals surface area contributed by atoms with Crippen molar-refractivity contribution in [2.24, 2.45) is 0 Å². The molecule has 0 saturated heterocycles. The fourth-order valence-corrected chi connectivity index (χ4v) is 2.29.